The molecule has 156 valence electrons. The van der Waals surface area contributed by atoms with Crippen LogP contribution in [0.25, 0.3) is 21.3 Å². The number of nitrogens with zero attached hydrogens (tertiary/aromatic N) is 3. The highest BCUT2D eigenvalue weighted by Gasteiger charge is 2.24. The lowest BCUT2D eigenvalue weighted by Crippen LogP contribution is -2.48. The maximum absolute atomic E-state index is 13.0. The number of anilines is 1. The molecule has 2 heterocycles. The van der Waals surface area contributed by atoms with Crippen molar-refractivity contribution in [1.29, 1.82) is 0 Å². The third-order valence-corrected chi connectivity index (χ3v) is 7.15. The smallest absolute Gasteiger partial charge is 0.253 e. The Kier molecular flexibility index (Phi) is 5.20. The molecular weight excluding hydrogens is 402 g/mol. The van der Waals surface area contributed by atoms with E-state index in [4.69, 9.17) is 4.98 Å². The van der Waals surface area contributed by atoms with Crippen LogP contribution in [0.1, 0.15) is 21.5 Å². The van der Waals surface area contributed by atoms with Gasteiger partial charge in [-0.05, 0) is 60.4 Å². The van der Waals surface area contributed by atoms with Crippen molar-refractivity contribution in [2.75, 3.05) is 31.1 Å². The van der Waals surface area contributed by atoms with Crippen LogP contribution in [0.4, 0.5) is 5.13 Å². The molecule has 5 rings (SSSR count). The second kappa shape index (κ2) is 8.16. The highest BCUT2D eigenvalue weighted by molar-refractivity contribution is 7.22. The number of carbonyl (C=O) groups is 1. The van der Waals surface area contributed by atoms with Gasteiger partial charge in [-0.2, -0.15) is 0 Å². The van der Waals surface area contributed by atoms with Crippen LogP contribution in [-0.2, 0) is 0 Å². The van der Waals surface area contributed by atoms with Crippen molar-refractivity contribution in [3.63, 3.8) is 0 Å². The number of hydrogen-bond donors (Lipinski definition) is 0. The molecule has 1 fully saturated rings. The number of aryl methyl sites for hydroxylation is 2. The Balaban J connectivity index is 1.25. The fraction of sp³-hybridized carbons (Fsp3) is 0.231. The number of carbonyl (C=O) groups excluding carboxylic acids is 1. The van der Waals surface area contributed by atoms with Gasteiger partial charge in [0.15, 0.2) is 5.13 Å². The predicted molar refractivity (Wildman–Crippen MR) is 129 cm³/mol. The number of fused-ring (bicyclic) bond motifs is 1. The van der Waals surface area contributed by atoms with E-state index in [1.807, 2.05) is 47.4 Å². The van der Waals surface area contributed by atoms with Gasteiger partial charge < -0.3 is 9.80 Å². The molecule has 0 radical (unpaired) electrons. The number of thiazole rings is 1. The SMILES string of the molecule is Cc1cc2nc(N3CCN(C(=O)c4ccc(-c5ccccc5)cc4)CC3)sc2cc1C. The lowest BCUT2D eigenvalue weighted by atomic mass is 10.0. The topological polar surface area (TPSA) is 36.4 Å². The Bertz CT molecular complexity index is 1180. The number of aromatic nitrogens is 1. The van der Waals surface area contributed by atoms with Gasteiger partial charge in [0.25, 0.3) is 5.91 Å². The van der Waals surface area contributed by atoms with Gasteiger partial charge in [-0.15, -0.1) is 0 Å². The zero-order chi connectivity index (χ0) is 21.4. The summed E-state index contributed by atoms with van der Waals surface area (Å²) in [6.45, 7) is 7.33. The van der Waals surface area contributed by atoms with E-state index in [0.29, 0.717) is 13.1 Å². The monoisotopic (exact) mass is 427 g/mol. The quantitative estimate of drug-likeness (QED) is 0.431. The summed E-state index contributed by atoms with van der Waals surface area (Å²) < 4.78 is 1.23. The third-order valence-electron chi connectivity index (χ3n) is 6.07. The summed E-state index contributed by atoms with van der Waals surface area (Å²) in [5.41, 5.74) is 6.69. The number of hydrogen-bond acceptors (Lipinski definition) is 4. The van der Waals surface area contributed by atoms with Crippen LogP contribution in [0, 0.1) is 13.8 Å². The molecular formula is C26H25N3OS. The van der Waals surface area contributed by atoms with E-state index in [9.17, 15) is 4.79 Å². The zero-order valence-electron chi connectivity index (χ0n) is 17.8. The van der Waals surface area contributed by atoms with Crippen molar-refractivity contribution in [2.24, 2.45) is 0 Å². The van der Waals surface area contributed by atoms with E-state index in [1.54, 1.807) is 11.3 Å². The summed E-state index contributed by atoms with van der Waals surface area (Å²) in [4.78, 5) is 22.1. The molecule has 1 aromatic heterocycles. The number of piperazine rings is 1. The highest BCUT2D eigenvalue weighted by Crippen LogP contribution is 2.31. The summed E-state index contributed by atoms with van der Waals surface area (Å²) in [6.07, 6.45) is 0. The Labute approximate surface area is 186 Å². The molecule has 0 bridgehead atoms. The first kappa shape index (κ1) is 19.8. The molecule has 5 heteroatoms. The zero-order valence-corrected chi connectivity index (χ0v) is 18.7. The first-order chi connectivity index (χ1) is 15.1. The van der Waals surface area contributed by atoms with Crippen molar-refractivity contribution < 1.29 is 4.79 Å². The Hall–Kier alpha value is -3.18. The highest BCUT2D eigenvalue weighted by atomic mass is 32.1. The van der Waals surface area contributed by atoms with E-state index >= 15 is 0 Å². The van der Waals surface area contributed by atoms with Gasteiger partial charge in [-0.25, -0.2) is 4.98 Å². The second-order valence-electron chi connectivity index (χ2n) is 8.12. The van der Waals surface area contributed by atoms with Crippen molar-refractivity contribution >= 4 is 32.6 Å². The Morgan fingerprint density at radius 3 is 2.19 bits per heavy atom. The van der Waals surface area contributed by atoms with Crippen LogP contribution in [0.3, 0.4) is 0 Å². The predicted octanol–water partition coefficient (Wildman–Crippen LogP) is 5.54. The van der Waals surface area contributed by atoms with Crippen LogP contribution >= 0.6 is 11.3 Å². The second-order valence-corrected chi connectivity index (χ2v) is 9.13. The lowest BCUT2D eigenvalue weighted by Gasteiger charge is -2.34. The molecule has 1 aliphatic rings. The summed E-state index contributed by atoms with van der Waals surface area (Å²) in [5.74, 6) is 0.106. The van der Waals surface area contributed by atoms with Crippen molar-refractivity contribution in [2.45, 2.75) is 13.8 Å². The summed E-state index contributed by atoms with van der Waals surface area (Å²) in [5, 5.41) is 1.05. The van der Waals surface area contributed by atoms with Crippen LogP contribution < -0.4 is 4.90 Å². The maximum Gasteiger partial charge on any atom is 0.253 e. The van der Waals surface area contributed by atoms with Gasteiger partial charge in [0.05, 0.1) is 10.2 Å². The number of rotatable bonds is 3. The number of benzene rings is 3. The minimum absolute atomic E-state index is 0.106. The van der Waals surface area contributed by atoms with Crippen LogP contribution in [-0.4, -0.2) is 42.0 Å². The molecule has 0 unspecified atom stereocenters. The minimum atomic E-state index is 0.106. The Morgan fingerprint density at radius 2 is 1.48 bits per heavy atom. The number of amides is 1. The normalized spacial score (nSPS) is 14.3. The van der Waals surface area contributed by atoms with Crippen LogP contribution in [0.5, 0.6) is 0 Å². The molecule has 0 saturated carbocycles. The summed E-state index contributed by atoms with van der Waals surface area (Å²) in [7, 11) is 0. The van der Waals surface area contributed by atoms with Crippen molar-refractivity contribution in [3.8, 4) is 11.1 Å². The van der Waals surface area contributed by atoms with E-state index in [-0.39, 0.29) is 5.91 Å². The summed E-state index contributed by atoms with van der Waals surface area (Å²) in [6, 6.07) is 22.6. The van der Waals surface area contributed by atoms with Gasteiger partial charge in [0.2, 0.25) is 0 Å². The fourth-order valence-corrected chi connectivity index (χ4v) is 5.12. The maximum atomic E-state index is 13.0. The van der Waals surface area contributed by atoms with Gasteiger partial charge in [-0.1, -0.05) is 53.8 Å². The molecule has 1 amide bonds. The molecule has 3 aromatic carbocycles. The first-order valence-corrected chi connectivity index (χ1v) is 11.5. The molecule has 31 heavy (non-hydrogen) atoms. The molecule has 0 aliphatic carbocycles. The van der Waals surface area contributed by atoms with Crippen molar-refractivity contribution in [3.05, 3.63) is 83.4 Å². The molecule has 1 aliphatic heterocycles. The average molecular weight is 428 g/mol. The van der Waals surface area contributed by atoms with Crippen molar-refractivity contribution in [1.82, 2.24) is 9.88 Å². The molecule has 0 N–H and O–H groups in total. The van der Waals surface area contributed by atoms with E-state index < -0.39 is 0 Å². The van der Waals surface area contributed by atoms with Gasteiger partial charge in [0, 0.05) is 31.7 Å². The largest absolute Gasteiger partial charge is 0.345 e. The Morgan fingerprint density at radius 1 is 0.839 bits per heavy atom. The molecule has 0 atom stereocenters. The minimum Gasteiger partial charge on any atom is -0.345 e. The molecule has 4 nitrogen and oxygen atoms in total. The van der Waals surface area contributed by atoms with Gasteiger partial charge in [0.1, 0.15) is 0 Å². The fourth-order valence-electron chi connectivity index (χ4n) is 4.02. The average Bonchev–Trinajstić information content (AvgIpc) is 3.22. The summed E-state index contributed by atoms with van der Waals surface area (Å²) >= 11 is 1.74. The van der Waals surface area contributed by atoms with E-state index in [1.165, 1.54) is 15.8 Å². The lowest BCUT2D eigenvalue weighted by molar-refractivity contribution is 0.0747. The van der Waals surface area contributed by atoms with E-state index in [2.05, 4.69) is 43.0 Å². The first-order valence-electron chi connectivity index (χ1n) is 10.7. The molecule has 0 spiro atoms. The third kappa shape index (κ3) is 3.93. The molecule has 1 saturated heterocycles. The van der Waals surface area contributed by atoms with Gasteiger partial charge in [-0.3, -0.25) is 4.79 Å². The van der Waals surface area contributed by atoms with Crippen LogP contribution in [0.2, 0.25) is 0 Å². The van der Waals surface area contributed by atoms with E-state index in [0.717, 1.165) is 40.4 Å². The standard InChI is InChI=1S/C26H25N3OS/c1-18-16-23-24(17-19(18)2)31-26(27-23)29-14-12-28(13-15-29)25(30)22-10-8-21(9-11-22)20-6-4-3-5-7-20/h3-11,16-17H,12-15H2,1-2H3. The molecule has 4 aromatic rings. The van der Waals surface area contributed by atoms with Crippen LogP contribution in [0.15, 0.2) is 66.7 Å². The van der Waals surface area contributed by atoms with Gasteiger partial charge >= 0.3 is 0 Å².